The number of benzene rings is 2. The van der Waals surface area contributed by atoms with E-state index in [1.54, 1.807) is 0 Å². The Bertz CT molecular complexity index is 724. The average molecular weight is 334 g/mol. The lowest BCUT2D eigenvalue weighted by Gasteiger charge is -2.33. The standard InChI is InChI=1S/C21H26N4/c1-17(19-11-7-4-8-12-19)24-20-14-16-23-21(2,25-20)22-15-13-18-9-5-3-6-10-18/h3-12,14,16-17,22,24-25H,13,15H2,1-2H3. The van der Waals surface area contributed by atoms with Crippen LogP contribution in [-0.4, -0.2) is 18.5 Å². The molecule has 1 aliphatic heterocycles. The molecule has 2 atom stereocenters. The van der Waals surface area contributed by atoms with E-state index >= 15 is 0 Å². The predicted octanol–water partition coefficient (Wildman–Crippen LogP) is 3.36. The number of aliphatic imine (C=N–C) groups is 1. The van der Waals surface area contributed by atoms with Gasteiger partial charge in [-0.05, 0) is 37.5 Å². The van der Waals surface area contributed by atoms with Crippen LogP contribution in [0.3, 0.4) is 0 Å². The summed E-state index contributed by atoms with van der Waals surface area (Å²) in [5.41, 5.74) is 2.58. The minimum Gasteiger partial charge on any atom is -0.365 e. The highest BCUT2D eigenvalue weighted by Gasteiger charge is 2.24. The molecule has 4 nitrogen and oxygen atoms in total. The summed E-state index contributed by atoms with van der Waals surface area (Å²) in [6, 6.07) is 21.1. The predicted molar refractivity (Wildman–Crippen MR) is 104 cm³/mol. The summed E-state index contributed by atoms with van der Waals surface area (Å²) in [4.78, 5) is 4.56. The third-order valence-electron chi connectivity index (χ3n) is 4.35. The van der Waals surface area contributed by atoms with Gasteiger partial charge in [0.2, 0.25) is 0 Å². The van der Waals surface area contributed by atoms with Crippen molar-refractivity contribution in [3.8, 4) is 0 Å². The van der Waals surface area contributed by atoms with E-state index in [1.165, 1.54) is 11.1 Å². The van der Waals surface area contributed by atoms with Crippen molar-refractivity contribution in [2.45, 2.75) is 32.1 Å². The van der Waals surface area contributed by atoms with E-state index in [4.69, 9.17) is 0 Å². The molecular weight excluding hydrogens is 308 g/mol. The summed E-state index contributed by atoms with van der Waals surface area (Å²) >= 11 is 0. The summed E-state index contributed by atoms with van der Waals surface area (Å²) in [7, 11) is 0. The van der Waals surface area contributed by atoms with Crippen molar-refractivity contribution in [1.82, 2.24) is 16.0 Å². The molecule has 2 aromatic carbocycles. The molecule has 0 aromatic heterocycles. The SMILES string of the molecule is CC(NC1=CC=NC(C)(NCCc2ccccc2)N1)c1ccccc1. The van der Waals surface area contributed by atoms with Gasteiger partial charge >= 0.3 is 0 Å². The zero-order valence-corrected chi connectivity index (χ0v) is 14.9. The largest absolute Gasteiger partial charge is 0.365 e. The smallest absolute Gasteiger partial charge is 0.182 e. The van der Waals surface area contributed by atoms with Crippen LogP contribution in [0, 0.1) is 0 Å². The first kappa shape index (κ1) is 17.2. The fourth-order valence-corrected chi connectivity index (χ4v) is 2.92. The molecule has 0 radical (unpaired) electrons. The molecule has 130 valence electrons. The van der Waals surface area contributed by atoms with Crippen LogP contribution in [0.1, 0.15) is 31.0 Å². The first-order chi connectivity index (χ1) is 12.1. The molecule has 4 heteroatoms. The molecule has 0 aliphatic carbocycles. The third kappa shape index (κ3) is 4.94. The van der Waals surface area contributed by atoms with E-state index in [2.05, 4.69) is 83.3 Å². The van der Waals surface area contributed by atoms with Crippen LogP contribution >= 0.6 is 0 Å². The molecule has 1 aliphatic rings. The van der Waals surface area contributed by atoms with Gasteiger partial charge in [-0.25, -0.2) is 0 Å². The molecular formula is C21H26N4. The molecule has 0 bridgehead atoms. The van der Waals surface area contributed by atoms with Crippen LogP contribution in [0.5, 0.6) is 0 Å². The molecule has 0 amide bonds. The van der Waals surface area contributed by atoms with Gasteiger partial charge in [0.1, 0.15) is 5.82 Å². The van der Waals surface area contributed by atoms with Crippen molar-refractivity contribution in [1.29, 1.82) is 0 Å². The Hall–Kier alpha value is -2.59. The Kier molecular flexibility index (Phi) is 5.51. The quantitative estimate of drug-likeness (QED) is 0.728. The van der Waals surface area contributed by atoms with E-state index < -0.39 is 5.79 Å². The topological polar surface area (TPSA) is 48.5 Å². The van der Waals surface area contributed by atoms with Crippen molar-refractivity contribution in [3.05, 3.63) is 83.7 Å². The van der Waals surface area contributed by atoms with Crippen LogP contribution in [-0.2, 0) is 6.42 Å². The van der Waals surface area contributed by atoms with Crippen LogP contribution in [0.15, 0.2) is 77.6 Å². The Morgan fingerprint density at radius 1 is 1.04 bits per heavy atom. The van der Waals surface area contributed by atoms with E-state index in [0.29, 0.717) is 0 Å². The lowest BCUT2D eigenvalue weighted by Crippen LogP contribution is -2.56. The number of hydrogen-bond donors (Lipinski definition) is 3. The fraction of sp³-hybridized carbons (Fsp3) is 0.286. The Morgan fingerprint density at radius 2 is 1.72 bits per heavy atom. The average Bonchev–Trinajstić information content (AvgIpc) is 2.63. The summed E-state index contributed by atoms with van der Waals surface area (Å²) in [6.07, 6.45) is 4.80. The van der Waals surface area contributed by atoms with Gasteiger partial charge < -0.3 is 10.6 Å². The van der Waals surface area contributed by atoms with E-state index in [1.807, 2.05) is 24.4 Å². The van der Waals surface area contributed by atoms with Gasteiger partial charge in [-0.1, -0.05) is 60.7 Å². The maximum absolute atomic E-state index is 4.56. The van der Waals surface area contributed by atoms with Crippen LogP contribution < -0.4 is 16.0 Å². The summed E-state index contributed by atoms with van der Waals surface area (Å²) in [5.74, 6) is 0.475. The molecule has 3 N–H and O–H groups in total. The van der Waals surface area contributed by atoms with Crippen molar-refractivity contribution in [2.75, 3.05) is 6.54 Å². The molecule has 2 aromatic rings. The molecule has 0 spiro atoms. The van der Waals surface area contributed by atoms with Gasteiger partial charge in [0.25, 0.3) is 0 Å². The molecule has 0 saturated heterocycles. The number of rotatable bonds is 7. The second-order valence-electron chi connectivity index (χ2n) is 6.49. The molecule has 1 heterocycles. The molecule has 3 rings (SSSR count). The first-order valence-corrected chi connectivity index (χ1v) is 8.79. The van der Waals surface area contributed by atoms with Crippen molar-refractivity contribution < 1.29 is 0 Å². The highest BCUT2D eigenvalue weighted by Crippen LogP contribution is 2.15. The lowest BCUT2D eigenvalue weighted by atomic mass is 10.1. The van der Waals surface area contributed by atoms with Gasteiger partial charge in [0.05, 0.1) is 0 Å². The zero-order valence-electron chi connectivity index (χ0n) is 14.9. The van der Waals surface area contributed by atoms with E-state index in [0.717, 1.165) is 18.8 Å². The monoisotopic (exact) mass is 334 g/mol. The second-order valence-corrected chi connectivity index (χ2v) is 6.49. The van der Waals surface area contributed by atoms with Crippen molar-refractivity contribution in [3.63, 3.8) is 0 Å². The molecule has 25 heavy (non-hydrogen) atoms. The van der Waals surface area contributed by atoms with E-state index in [9.17, 15) is 0 Å². The summed E-state index contributed by atoms with van der Waals surface area (Å²) < 4.78 is 0. The van der Waals surface area contributed by atoms with Gasteiger partial charge in [0.15, 0.2) is 5.79 Å². The fourth-order valence-electron chi connectivity index (χ4n) is 2.92. The lowest BCUT2D eigenvalue weighted by molar-refractivity contribution is 0.309. The number of nitrogens with one attached hydrogen (secondary N) is 3. The Labute approximate surface area is 150 Å². The highest BCUT2D eigenvalue weighted by atomic mass is 15.4. The first-order valence-electron chi connectivity index (χ1n) is 8.79. The second kappa shape index (κ2) is 7.99. The maximum atomic E-state index is 4.56. The number of nitrogens with zero attached hydrogens (tertiary/aromatic N) is 1. The zero-order chi connectivity index (χ0) is 17.5. The number of hydrogen-bond acceptors (Lipinski definition) is 4. The van der Waals surface area contributed by atoms with Crippen molar-refractivity contribution in [2.24, 2.45) is 4.99 Å². The van der Waals surface area contributed by atoms with E-state index in [-0.39, 0.29) is 6.04 Å². The highest BCUT2D eigenvalue weighted by molar-refractivity contribution is 5.73. The van der Waals surface area contributed by atoms with Gasteiger partial charge in [-0.3, -0.25) is 10.3 Å². The molecule has 2 unspecified atom stereocenters. The van der Waals surface area contributed by atoms with Gasteiger partial charge in [-0.15, -0.1) is 0 Å². The third-order valence-corrected chi connectivity index (χ3v) is 4.35. The maximum Gasteiger partial charge on any atom is 0.182 e. The molecule has 0 saturated carbocycles. The summed E-state index contributed by atoms with van der Waals surface area (Å²) in [5, 5.41) is 10.5. The molecule has 0 fully saturated rings. The number of allylic oxidation sites excluding steroid dienone is 1. The van der Waals surface area contributed by atoms with Gasteiger partial charge in [0, 0.05) is 18.8 Å². The normalized spacial score (nSPS) is 20.5. The Balaban J connectivity index is 1.53. The van der Waals surface area contributed by atoms with Crippen LogP contribution in [0.4, 0.5) is 0 Å². The minimum absolute atomic E-state index is 0.222. The Morgan fingerprint density at radius 3 is 2.44 bits per heavy atom. The van der Waals surface area contributed by atoms with Gasteiger partial charge in [-0.2, -0.15) is 0 Å². The summed E-state index contributed by atoms with van der Waals surface area (Å²) in [6.45, 7) is 5.06. The van der Waals surface area contributed by atoms with Crippen LogP contribution in [0.2, 0.25) is 0 Å². The van der Waals surface area contributed by atoms with Crippen LogP contribution in [0.25, 0.3) is 0 Å². The minimum atomic E-state index is -0.498. The van der Waals surface area contributed by atoms with Crippen molar-refractivity contribution >= 4 is 6.21 Å².